The third-order valence-corrected chi connectivity index (χ3v) is 2.72. The van der Waals surface area contributed by atoms with E-state index in [0.29, 0.717) is 12.1 Å². The number of carbonyl (C=O) groups excluding carboxylic acids is 1. The predicted molar refractivity (Wildman–Crippen MR) is 70.4 cm³/mol. The molecule has 0 unspecified atom stereocenters. The van der Waals surface area contributed by atoms with Crippen LogP contribution in [0.1, 0.15) is 12.5 Å². The number of isocyanates is 1. The number of hydrogen-bond acceptors (Lipinski definition) is 5. The zero-order valence-corrected chi connectivity index (χ0v) is 10.5. The number of nitrogens with zero attached hydrogens (tertiary/aromatic N) is 2. The van der Waals surface area contributed by atoms with E-state index in [0.717, 1.165) is 10.1 Å². The molecule has 8 nitrogen and oxygen atoms in total. The van der Waals surface area contributed by atoms with Gasteiger partial charge in [-0.25, -0.2) is 23.7 Å². The summed E-state index contributed by atoms with van der Waals surface area (Å²) in [6.07, 6.45) is 2.04. The SMILES string of the molecule is CCc1ccc(-n2c(=O)[nH]c(=O)[nH]c2=O)cc1N=C=O. The highest BCUT2D eigenvalue weighted by molar-refractivity contribution is 5.58. The van der Waals surface area contributed by atoms with Crippen LogP contribution >= 0.6 is 0 Å². The first-order valence-electron chi connectivity index (χ1n) is 5.73. The Balaban J connectivity index is 2.75. The minimum Gasteiger partial charge on any atom is -0.258 e. The highest BCUT2D eigenvalue weighted by atomic mass is 16.2. The molecule has 1 aromatic carbocycles. The molecule has 0 spiro atoms. The Bertz CT molecular complexity index is 834. The molecule has 20 heavy (non-hydrogen) atoms. The summed E-state index contributed by atoms with van der Waals surface area (Å²) < 4.78 is 0.741. The third kappa shape index (κ3) is 2.40. The highest BCUT2D eigenvalue weighted by Crippen LogP contribution is 2.22. The Morgan fingerprint density at radius 1 is 1.20 bits per heavy atom. The summed E-state index contributed by atoms with van der Waals surface area (Å²) >= 11 is 0. The summed E-state index contributed by atoms with van der Waals surface area (Å²) in [5.74, 6) is 0. The van der Waals surface area contributed by atoms with Crippen LogP contribution in [0.4, 0.5) is 5.69 Å². The third-order valence-electron chi connectivity index (χ3n) is 2.72. The fourth-order valence-corrected chi connectivity index (χ4v) is 1.81. The first kappa shape index (κ1) is 13.4. The zero-order valence-electron chi connectivity index (χ0n) is 10.5. The number of benzene rings is 1. The van der Waals surface area contributed by atoms with Gasteiger partial charge in [-0.15, -0.1) is 0 Å². The predicted octanol–water partition coefficient (Wildman–Crippen LogP) is -0.256. The largest absolute Gasteiger partial charge is 0.338 e. The Morgan fingerprint density at radius 2 is 1.85 bits per heavy atom. The van der Waals surface area contributed by atoms with Crippen molar-refractivity contribution in [3.63, 3.8) is 0 Å². The first-order valence-corrected chi connectivity index (χ1v) is 5.73. The molecule has 8 heteroatoms. The van der Waals surface area contributed by atoms with E-state index in [9.17, 15) is 19.2 Å². The van der Waals surface area contributed by atoms with Crippen LogP contribution in [0.5, 0.6) is 0 Å². The smallest absolute Gasteiger partial charge is 0.258 e. The molecule has 0 atom stereocenters. The lowest BCUT2D eigenvalue weighted by atomic mass is 10.1. The summed E-state index contributed by atoms with van der Waals surface area (Å²) in [5, 5.41) is 0. The first-order chi connectivity index (χ1) is 9.56. The molecule has 2 rings (SSSR count). The van der Waals surface area contributed by atoms with Crippen LogP contribution in [-0.2, 0) is 11.2 Å². The molecule has 0 radical (unpaired) electrons. The van der Waals surface area contributed by atoms with Crippen LogP contribution in [0.25, 0.3) is 5.69 Å². The number of aromatic amines is 2. The molecular formula is C12H10N4O4. The van der Waals surface area contributed by atoms with Gasteiger partial charge in [-0.2, -0.15) is 4.99 Å². The number of aromatic nitrogens is 3. The van der Waals surface area contributed by atoms with E-state index in [4.69, 9.17) is 0 Å². The van der Waals surface area contributed by atoms with Gasteiger partial charge in [0.15, 0.2) is 0 Å². The maximum absolute atomic E-state index is 11.7. The van der Waals surface area contributed by atoms with Crippen molar-refractivity contribution in [2.24, 2.45) is 4.99 Å². The number of rotatable bonds is 3. The van der Waals surface area contributed by atoms with Gasteiger partial charge < -0.3 is 0 Å². The van der Waals surface area contributed by atoms with Crippen LogP contribution in [-0.4, -0.2) is 20.6 Å². The molecule has 0 aliphatic carbocycles. The summed E-state index contributed by atoms with van der Waals surface area (Å²) in [6, 6.07) is 4.57. The molecule has 2 N–H and O–H groups in total. The second kappa shape index (κ2) is 5.33. The van der Waals surface area contributed by atoms with Crippen LogP contribution in [0.2, 0.25) is 0 Å². The second-order valence-corrected chi connectivity index (χ2v) is 3.89. The van der Waals surface area contributed by atoms with E-state index in [2.05, 4.69) is 4.99 Å². The lowest BCUT2D eigenvalue weighted by molar-refractivity contribution is 0.565. The minimum absolute atomic E-state index is 0.193. The maximum Gasteiger partial charge on any atom is 0.338 e. The second-order valence-electron chi connectivity index (χ2n) is 3.89. The molecule has 0 bridgehead atoms. The number of hydrogen-bond donors (Lipinski definition) is 2. The Hall–Kier alpha value is -2.99. The average molecular weight is 274 g/mol. The number of aliphatic imine (C=N–C) groups is 1. The molecule has 0 saturated carbocycles. The van der Waals surface area contributed by atoms with Crippen molar-refractivity contribution in [2.45, 2.75) is 13.3 Å². The van der Waals surface area contributed by atoms with Crippen LogP contribution in [0, 0.1) is 0 Å². The molecule has 2 aromatic rings. The molecule has 0 amide bonds. The zero-order chi connectivity index (χ0) is 14.7. The van der Waals surface area contributed by atoms with Crippen molar-refractivity contribution in [3.8, 4) is 5.69 Å². The molecule has 1 heterocycles. The van der Waals surface area contributed by atoms with Crippen molar-refractivity contribution in [3.05, 3.63) is 55.2 Å². The van der Waals surface area contributed by atoms with Gasteiger partial charge in [-0.1, -0.05) is 13.0 Å². The van der Waals surface area contributed by atoms with Gasteiger partial charge in [0.2, 0.25) is 6.08 Å². The van der Waals surface area contributed by atoms with Crippen LogP contribution in [0.15, 0.2) is 37.6 Å². The van der Waals surface area contributed by atoms with Crippen molar-refractivity contribution in [1.29, 1.82) is 0 Å². The standard InChI is InChI=1S/C12H10N4O4/c1-2-7-3-4-8(5-9(7)13-6-17)16-11(19)14-10(18)15-12(16)20/h3-5H,2H2,1H3,(H2,14,15,18,19,20). The van der Waals surface area contributed by atoms with Crippen molar-refractivity contribution < 1.29 is 4.79 Å². The quantitative estimate of drug-likeness (QED) is 0.592. The van der Waals surface area contributed by atoms with E-state index in [1.165, 1.54) is 18.2 Å². The van der Waals surface area contributed by atoms with Crippen LogP contribution < -0.4 is 17.1 Å². The van der Waals surface area contributed by atoms with Gasteiger partial charge in [0.1, 0.15) is 0 Å². The normalized spacial score (nSPS) is 10.1. The lowest BCUT2D eigenvalue weighted by Gasteiger charge is -2.06. The van der Waals surface area contributed by atoms with Gasteiger partial charge in [-0.05, 0) is 24.1 Å². The molecular weight excluding hydrogens is 264 g/mol. The monoisotopic (exact) mass is 274 g/mol. The number of aryl methyl sites for hydroxylation is 1. The van der Waals surface area contributed by atoms with Gasteiger partial charge in [-0.3, -0.25) is 9.97 Å². The van der Waals surface area contributed by atoms with Gasteiger partial charge in [0.25, 0.3) is 0 Å². The summed E-state index contributed by atoms with van der Waals surface area (Å²) in [6.45, 7) is 1.87. The summed E-state index contributed by atoms with van der Waals surface area (Å²) in [4.78, 5) is 52.1. The summed E-state index contributed by atoms with van der Waals surface area (Å²) in [7, 11) is 0. The van der Waals surface area contributed by atoms with Crippen molar-refractivity contribution in [2.75, 3.05) is 0 Å². The van der Waals surface area contributed by atoms with Crippen LogP contribution in [0.3, 0.4) is 0 Å². The Labute approximate surface area is 111 Å². The van der Waals surface area contributed by atoms with Gasteiger partial charge in [0, 0.05) is 0 Å². The van der Waals surface area contributed by atoms with Gasteiger partial charge in [0.05, 0.1) is 11.4 Å². The molecule has 0 fully saturated rings. The maximum atomic E-state index is 11.7. The topological polar surface area (TPSA) is 117 Å². The Morgan fingerprint density at radius 3 is 2.40 bits per heavy atom. The van der Waals surface area contributed by atoms with E-state index >= 15 is 0 Å². The lowest BCUT2D eigenvalue weighted by Crippen LogP contribution is -2.42. The molecule has 102 valence electrons. The molecule has 1 aromatic heterocycles. The highest BCUT2D eigenvalue weighted by Gasteiger charge is 2.08. The minimum atomic E-state index is -0.882. The van der Waals surface area contributed by atoms with Gasteiger partial charge >= 0.3 is 17.1 Å². The van der Waals surface area contributed by atoms with Crippen molar-refractivity contribution >= 4 is 11.8 Å². The number of nitrogens with one attached hydrogen (secondary N) is 2. The number of H-pyrrole nitrogens is 2. The van der Waals surface area contributed by atoms with Crippen molar-refractivity contribution in [1.82, 2.24) is 14.5 Å². The fraction of sp³-hybridized carbons (Fsp3) is 0.167. The van der Waals surface area contributed by atoms with E-state index < -0.39 is 17.1 Å². The average Bonchev–Trinajstić information content (AvgIpc) is 2.38. The molecule has 0 aliphatic heterocycles. The Kier molecular flexibility index (Phi) is 3.58. The fourth-order valence-electron chi connectivity index (χ4n) is 1.81. The van der Waals surface area contributed by atoms with E-state index in [1.807, 2.05) is 16.9 Å². The molecule has 0 aliphatic rings. The van der Waals surface area contributed by atoms with E-state index in [1.54, 1.807) is 6.07 Å². The van der Waals surface area contributed by atoms with E-state index in [-0.39, 0.29) is 5.69 Å². The summed E-state index contributed by atoms with van der Waals surface area (Å²) in [5.41, 5.74) is -1.34. The molecule has 0 saturated heterocycles.